The van der Waals surface area contributed by atoms with Crippen molar-refractivity contribution in [3.63, 3.8) is 0 Å². The molecule has 3 aliphatic rings. The maximum absolute atomic E-state index is 15.5. The average molecular weight is 532 g/mol. The van der Waals surface area contributed by atoms with Gasteiger partial charge in [0.05, 0.1) is 30.3 Å². The van der Waals surface area contributed by atoms with Gasteiger partial charge in [-0.1, -0.05) is 18.6 Å². The van der Waals surface area contributed by atoms with E-state index in [2.05, 4.69) is 0 Å². The van der Waals surface area contributed by atoms with Gasteiger partial charge in [-0.2, -0.15) is 0 Å². The van der Waals surface area contributed by atoms with E-state index in [0.29, 0.717) is 19.8 Å². The fourth-order valence-corrected chi connectivity index (χ4v) is 9.28. The Morgan fingerprint density at radius 2 is 1.63 bits per heavy atom. The second-order valence-electron chi connectivity index (χ2n) is 9.61. The molecule has 0 aromatic heterocycles. The van der Waals surface area contributed by atoms with Gasteiger partial charge in [0.25, 0.3) is 5.92 Å². The molecule has 0 radical (unpaired) electrons. The number of sulfone groups is 1. The van der Waals surface area contributed by atoms with Crippen molar-refractivity contribution in [2.24, 2.45) is 11.3 Å². The average Bonchev–Trinajstić information content (AvgIpc) is 2.82. The summed E-state index contributed by atoms with van der Waals surface area (Å²) in [5, 5.41) is 0. The lowest BCUT2D eigenvalue weighted by molar-refractivity contribution is -0.0776. The molecule has 2 atom stereocenters. The smallest absolute Gasteiger partial charge is 0.270 e. The summed E-state index contributed by atoms with van der Waals surface area (Å²) >= 11 is 0. The van der Waals surface area contributed by atoms with Gasteiger partial charge in [0, 0.05) is 30.5 Å². The van der Waals surface area contributed by atoms with Gasteiger partial charge in [-0.05, 0) is 37.1 Å². The molecule has 5 nitrogen and oxygen atoms in total. The van der Waals surface area contributed by atoms with E-state index in [1.54, 1.807) is 6.66 Å². The van der Waals surface area contributed by atoms with Crippen LogP contribution < -0.4 is 4.74 Å². The zero-order valence-corrected chi connectivity index (χ0v) is 20.9. The highest BCUT2D eigenvalue weighted by atomic mass is 32.2. The van der Waals surface area contributed by atoms with Gasteiger partial charge in [-0.3, -0.25) is 0 Å². The maximum atomic E-state index is 15.5. The van der Waals surface area contributed by atoms with Crippen LogP contribution in [-0.2, 0) is 29.6 Å². The molecule has 1 spiro atoms. The molecule has 2 fully saturated rings. The zero-order chi connectivity index (χ0) is 25.2. The first kappa shape index (κ1) is 24.9. The summed E-state index contributed by atoms with van der Waals surface area (Å²) in [6, 6.07) is 6.13. The fraction of sp³-hybridized carbons (Fsp3) is 0.500. The molecule has 2 aliphatic heterocycles. The van der Waals surface area contributed by atoms with Gasteiger partial charge < -0.3 is 13.8 Å². The van der Waals surface area contributed by atoms with Crippen molar-refractivity contribution in [2.75, 3.05) is 26.5 Å². The predicted octanol–water partition coefficient (Wildman–Crippen LogP) is 5.91. The molecule has 5 rings (SSSR count). The first-order valence-electron chi connectivity index (χ1n) is 11.3. The number of hydrogen-bond donors (Lipinski definition) is 0. The Kier molecular flexibility index (Phi) is 5.98. The molecule has 1 saturated heterocycles. The highest BCUT2D eigenvalue weighted by Gasteiger charge is 2.66. The van der Waals surface area contributed by atoms with Crippen LogP contribution in [-0.4, -0.2) is 34.9 Å². The van der Waals surface area contributed by atoms with Crippen molar-refractivity contribution in [3.8, 4) is 5.75 Å². The Bertz CT molecular complexity index is 1240. The summed E-state index contributed by atoms with van der Waals surface area (Å²) in [7, 11) is -5.55. The van der Waals surface area contributed by atoms with E-state index in [-0.39, 0.29) is 42.3 Å². The van der Waals surface area contributed by atoms with Crippen LogP contribution >= 0.6 is 8.38 Å². The molecule has 2 unspecified atom stereocenters. The third kappa shape index (κ3) is 3.71. The summed E-state index contributed by atoms with van der Waals surface area (Å²) in [5.74, 6) is -6.14. The van der Waals surface area contributed by atoms with Crippen LogP contribution in [0.2, 0.25) is 0 Å². The van der Waals surface area contributed by atoms with Gasteiger partial charge in [0.1, 0.15) is 10.6 Å². The van der Waals surface area contributed by atoms with E-state index in [1.165, 1.54) is 0 Å². The van der Waals surface area contributed by atoms with Crippen molar-refractivity contribution in [1.82, 2.24) is 0 Å². The van der Waals surface area contributed by atoms with Crippen molar-refractivity contribution < 1.29 is 39.8 Å². The van der Waals surface area contributed by atoms with E-state index in [0.717, 1.165) is 36.4 Å². The summed E-state index contributed by atoms with van der Waals surface area (Å²) < 4.78 is 102. The normalized spacial score (nSPS) is 30.9. The van der Waals surface area contributed by atoms with E-state index < -0.39 is 57.6 Å². The number of benzene rings is 2. The molecule has 1 aliphatic carbocycles. The second-order valence-corrected chi connectivity index (χ2v) is 13.2. The number of rotatable bonds is 3. The number of alkyl halides is 2. The molecule has 0 amide bonds. The van der Waals surface area contributed by atoms with Crippen molar-refractivity contribution >= 4 is 18.2 Å². The van der Waals surface area contributed by atoms with Crippen molar-refractivity contribution in [3.05, 3.63) is 59.2 Å². The van der Waals surface area contributed by atoms with Crippen LogP contribution in [0.15, 0.2) is 41.3 Å². The van der Waals surface area contributed by atoms with E-state index in [9.17, 15) is 21.6 Å². The molecule has 11 heteroatoms. The lowest BCUT2D eigenvalue weighted by atomic mass is 9.59. The molecule has 35 heavy (non-hydrogen) atoms. The van der Waals surface area contributed by atoms with Crippen molar-refractivity contribution in [2.45, 2.75) is 41.8 Å². The predicted molar refractivity (Wildman–Crippen MR) is 121 cm³/mol. The molecule has 0 N–H and O–H groups in total. The van der Waals surface area contributed by atoms with Crippen LogP contribution in [0.4, 0.5) is 17.6 Å². The third-order valence-electron chi connectivity index (χ3n) is 7.62. The number of ether oxygens (including phenoxy) is 1. The van der Waals surface area contributed by atoms with Crippen LogP contribution in [0.25, 0.3) is 0 Å². The minimum Gasteiger partial charge on any atom is -0.490 e. The summed E-state index contributed by atoms with van der Waals surface area (Å²) in [6.07, 6.45) is 0.977. The van der Waals surface area contributed by atoms with Crippen LogP contribution in [0.5, 0.6) is 5.75 Å². The van der Waals surface area contributed by atoms with Crippen molar-refractivity contribution in [1.29, 1.82) is 0 Å². The minimum atomic E-state index is -4.42. The maximum Gasteiger partial charge on any atom is 0.270 e. The molecule has 1 saturated carbocycles. The molecule has 190 valence electrons. The standard InChI is InChI=1S/C24H25F4O5PS/c1-22(27,28)15-4-6-16(7-5-15)35(29,30)24-11-3-10-23(13-32-34(2)33-14-23)19(24)12-31-21-18(26)9-8-17(25)20(21)24/h4-9,19H,3,10-14H2,1-2H3. The minimum absolute atomic E-state index is 0.0189. The fourth-order valence-electron chi connectivity index (χ4n) is 5.85. The van der Waals surface area contributed by atoms with Crippen LogP contribution in [0, 0.1) is 23.0 Å². The Hall–Kier alpha value is -1.74. The Morgan fingerprint density at radius 3 is 2.26 bits per heavy atom. The summed E-state index contributed by atoms with van der Waals surface area (Å²) in [4.78, 5) is -0.237. The molecular weight excluding hydrogens is 507 g/mol. The Balaban J connectivity index is 1.74. The lowest BCUT2D eigenvalue weighted by Crippen LogP contribution is -2.61. The molecule has 2 aromatic rings. The number of halogens is 4. The second kappa shape index (κ2) is 8.40. The van der Waals surface area contributed by atoms with Gasteiger partial charge in [-0.15, -0.1) is 0 Å². The Morgan fingerprint density at radius 1 is 1.00 bits per heavy atom. The first-order valence-corrected chi connectivity index (χ1v) is 14.4. The summed E-state index contributed by atoms with van der Waals surface area (Å²) in [6.45, 7) is 2.74. The highest BCUT2D eigenvalue weighted by molar-refractivity contribution is 7.92. The van der Waals surface area contributed by atoms with E-state index >= 15 is 4.39 Å². The molecule has 0 bridgehead atoms. The highest BCUT2D eigenvalue weighted by Crippen LogP contribution is 2.63. The monoisotopic (exact) mass is 532 g/mol. The topological polar surface area (TPSA) is 61.8 Å². The third-order valence-corrected chi connectivity index (χ3v) is 11.1. The van der Waals surface area contributed by atoms with Gasteiger partial charge in [-0.25, -0.2) is 26.0 Å². The van der Waals surface area contributed by atoms with Gasteiger partial charge in [0.15, 0.2) is 29.8 Å². The molecular formula is C24H25F4O5PS. The van der Waals surface area contributed by atoms with Gasteiger partial charge in [0.2, 0.25) is 0 Å². The van der Waals surface area contributed by atoms with E-state index in [1.807, 2.05) is 0 Å². The lowest BCUT2D eigenvalue weighted by Gasteiger charge is -2.57. The quantitative estimate of drug-likeness (QED) is 0.363. The molecule has 2 heterocycles. The zero-order valence-electron chi connectivity index (χ0n) is 19.2. The SMILES string of the molecule is CP1OCC2(CCCC3(S(=O)(=O)c4ccc(C(C)(F)F)cc4)c4c(F)ccc(F)c4OCC23)CO1. The van der Waals surface area contributed by atoms with Gasteiger partial charge >= 0.3 is 0 Å². The van der Waals surface area contributed by atoms with E-state index in [4.69, 9.17) is 13.8 Å². The van der Waals surface area contributed by atoms with Crippen LogP contribution in [0.1, 0.15) is 37.3 Å². The largest absolute Gasteiger partial charge is 0.490 e. The number of hydrogen-bond acceptors (Lipinski definition) is 5. The first-order chi connectivity index (χ1) is 16.4. The summed E-state index contributed by atoms with van der Waals surface area (Å²) in [5.41, 5.74) is -1.49. The molecule has 2 aromatic carbocycles. The number of fused-ring (bicyclic) bond motifs is 4. The van der Waals surface area contributed by atoms with Crippen LogP contribution in [0.3, 0.4) is 0 Å². The Labute approximate surface area is 202 Å².